The Morgan fingerprint density at radius 1 is 1.41 bits per heavy atom. The quantitative estimate of drug-likeness (QED) is 0.818. The van der Waals surface area contributed by atoms with Crippen molar-refractivity contribution < 1.29 is 0 Å². The smallest absolute Gasteiger partial charge is 0.0960 e. The maximum absolute atomic E-state index is 6.20. The highest BCUT2D eigenvalue weighted by Gasteiger charge is 2.25. The Hall–Kier alpha value is -0.0500. The van der Waals surface area contributed by atoms with Crippen molar-refractivity contribution in [2.75, 3.05) is 6.54 Å². The molecule has 0 radical (unpaired) electrons. The minimum Gasteiger partial charge on any atom is -0.309 e. The van der Waals surface area contributed by atoms with Gasteiger partial charge in [-0.05, 0) is 43.9 Å². The van der Waals surface area contributed by atoms with Crippen molar-refractivity contribution in [3.8, 4) is 0 Å². The van der Waals surface area contributed by atoms with E-state index in [2.05, 4.69) is 25.2 Å². The van der Waals surface area contributed by atoms with Gasteiger partial charge in [0.25, 0.3) is 0 Å². The van der Waals surface area contributed by atoms with Crippen LogP contribution in [0, 0.1) is 12.8 Å². The van der Waals surface area contributed by atoms with Gasteiger partial charge in [-0.15, -0.1) is 11.3 Å². The molecule has 1 N–H and O–H groups in total. The van der Waals surface area contributed by atoms with E-state index in [9.17, 15) is 0 Å². The van der Waals surface area contributed by atoms with Crippen LogP contribution in [0.1, 0.15) is 55.5 Å². The first kappa shape index (κ1) is 13.4. The summed E-state index contributed by atoms with van der Waals surface area (Å²) in [5.41, 5.74) is 1.23. The molecule has 1 aliphatic rings. The van der Waals surface area contributed by atoms with Crippen LogP contribution in [-0.4, -0.2) is 6.54 Å². The van der Waals surface area contributed by atoms with Crippen LogP contribution in [0.15, 0.2) is 6.07 Å². The number of nitrogens with one attached hydrogen (secondary N) is 1. The topological polar surface area (TPSA) is 12.0 Å². The highest BCUT2D eigenvalue weighted by Crippen LogP contribution is 2.39. The number of rotatable bonds is 4. The van der Waals surface area contributed by atoms with E-state index in [1.165, 1.54) is 42.5 Å². The Bertz CT molecular complexity index is 336. The lowest BCUT2D eigenvalue weighted by molar-refractivity contribution is 0.277. The molecule has 1 aromatic heterocycles. The molecule has 0 saturated heterocycles. The van der Waals surface area contributed by atoms with Gasteiger partial charge in [0.2, 0.25) is 0 Å². The van der Waals surface area contributed by atoms with E-state index >= 15 is 0 Å². The summed E-state index contributed by atoms with van der Waals surface area (Å²) < 4.78 is 0.957. The molecule has 0 aliphatic heterocycles. The van der Waals surface area contributed by atoms with Gasteiger partial charge in [0.1, 0.15) is 0 Å². The third-order valence-electron chi connectivity index (χ3n) is 3.73. The molecule has 1 fully saturated rings. The monoisotopic (exact) mass is 271 g/mol. The molecular weight excluding hydrogens is 250 g/mol. The van der Waals surface area contributed by atoms with Crippen LogP contribution in [0.3, 0.4) is 0 Å². The normalized spacial score (nSPS) is 19.5. The van der Waals surface area contributed by atoms with Gasteiger partial charge in [-0.25, -0.2) is 0 Å². The summed E-state index contributed by atoms with van der Waals surface area (Å²) in [6.07, 6.45) is 6.94. The number of halogens is 1. The Morgan fingerprint density at radius 3 is 2.65 bits per heavy atom. The Balaban J connectivity index is 2.15. The number of thiophene rings is 1. The van der Waals surface area contributed by atoms with E-state index in [1.54, 1.807) is 11.3 Å². The molecule has 0 aromatic carbocycles. The van der Waals surface area contributed by atoms with E-state index in [-0.39, 0.29) is 0 Å². The van der Waals surface area contributed by atoms with Gasteiger partial charge in [0.15, 0.2) is 0 Å². The van der Waals surface area contributed by atoms with Crippen LogP contribution in [-0.2, 0) is 0 Å². The van der Waals surface area contributed by atoms with E-state index in [4.69, 9.17) is 11.6 Å². The van der Waals surface area contributed by atoms with Crippen LogP contribution < -0.4 is 5.32 Å². The maximum atomic E-state index is 6.20. The van der Waals surface area contributed by atoms with Crippen LogP contribution >= 0.6 is 22.9 Å². The van der Waals surface area contributed by atoms with Crippen LogP contribution in [0.4, 0.5) is 0 Å². The third kappa shape index (κ3) is 3.24. The largest absolute Gasteiger partial charge is 0.309 e. The van der Waals surface area contributed by atoms with E-state index in [0.717, 1.165) is 16.8 Å². The summed E-state index contributed by atoms with van der Waals surface area (Å²) in [5, 5.41) is 3.66. The maximum Gasteiger partial charge on any atom is 0.0960 e. The predicted molar refractivity (Wildman–Crippen MR) is 77.1 cm³/mol. The fourth-order valence-electron chi connectivity index (χ4n) is 2.82. The Labute approximate surface area is 114 Å². The molecule has 0 spiro atoms. The zero-order chi connectivity index (χ0) is 12.3. The van der Waals surface area contributed by atoms with Crippen molar-refractivity contribution in [3.05, 3.63) is 20.8 Å². The molecule has 1 aromatic rings. The van der Waals surface area contributed by atoms with Crippen molar-refractivity contribution in [3.63, 3.8) is 0 Å². The summed E-state index contributed by atoms with van der Waals surface area (Å²) >= 11 is 7.96. The standard InChI is InChI=1S/C14H22ClNS/c1-3-16-13(11-7-5-4-6-8-11)12-9-10(2)14(15)17-12/h9,11,13,16H,3-8H2,1-2H3. The SMILES string of the molecule is CCNC(c1cc(C)c(Cl)s1)C1CCCCC1. The van der Waals surface area contributed by atoms with Crippen molar-refractivity contribution in [1.82, 2.24) is 5.32 Å². The Morgan fingerprint density at radius 2 is 2.12 bits per heavy atom. The molecule has 0 amide bonds. The van der Waals surface area contributed by atoms with Crippen LogP contribution in [0.2, 0.25) is 4.34 Å². The molecule has 0 bridgehead atoms. The lowest BCUT2D eigenvalue weighted by atomic mass is 9.83. The van der Waals surface area contributed by atoms with Gasteiger partial charge in [0, 0.05) is 10.9 Å². The van der Waals surface area contributed by atoms with Gasteiger partial charge in [-0.2, -0.15) is 0 Å². The Kier molecular flexibility index (Phi) is 4.89. The average molecular weight is 272 g/mol. The van der Waals surface area contributed by atoms with Gasteiger partial charge in [0.05, 0.1) is 4.34 Å². The fraction of sp³-hybridized carbons (Fsp3) is 0.714. The van der Waals surface area contributed by atoms with E-state index < -0.39 is 0 Å². The second kappa shape index (κ2) is 6.21. The first-order valence-corrected chi connectivity index (χ1v) is 7.91. The number of hydrogen-bond donors (Lipinski definition) is 1. The minimum atomic E-state index is 0.525. The highest BCUT2D eigenvalue weighted by atomic mass is 35.5. The molecule has 1 unspecified atom stereocenters. The average Bonchev–Trinajstić information content (AvgIpc) is 2.67. The first-order valence-electron chi connectivity index (χ1n) is 6.71. The second-order valence-corrected chi connectivity index (χ2v) is 6.72. The molecule has 17 heavy (non-hydrogen) atoms. The van der Waals surface area contributed by atoms with Gasteiger partial charge in [-0.1, -0.05) is 37.8 Å². The third-order valence-corrected chi connectivity index (χ3v) is 5.37. The van der Waals surface area contributed by atoms with Crippen LogP contribution in [0.25, 0.3) is 0 Å². The van der Waals surface area contributed by atoms with Crippen molar-refractivity contribution >= 4 is 22.9 Å². The molecule has 1 nitrogen and oxygen atoms in total. The first-order chi connectivity index (χ1) is 8.22. The molecule has 1 aliphatic carbocycles. The summed E-state index contributed by atoms with van der Waals surface area (Å²) in [5.74, 6) is 0.804. The number of hydrogen-bond acceptors (Lipinski definition) is 2. The van der Waals surface area contributed by atoms with Gasteiger partial charge < -0.3 is 5.32 Å². The fourth-order valence-corrected chi connectivity index (χ4v) is 4.21. The summed E-state index contributed by atoms with van der Waals surface area (Å²) in [7, 11) is 0. The molecular formula is C14H22ClNS. The predicted octanol–water partition coefficient (Wildman–Crippen LogP) is 4.94. The van der Waals surface area contributed by atoms with Crippen molar-refractivity contribution in [1.29, 1.82) is 0 Å². The molecule has 1 saturated carbocycles. The van der Waals surface area contributed by atoms with E-state index in [0.29, 0.717) is 6.04 Å². The highest BCUT2D eigenvalue weighted by molar-refractivity contribution is 7.16. The zero-order valence-electron chi connectivity index (χ0n) is 10.8. The summed E-state index contributed by atoms with van der Waals surface area (Å²) in [6, 6.07) is 2.80. The minimum absolute atomic E-state index is 0.525. The molecule has 2 rings (SSSR count). The second-order valence-electron chi connectivity index (χ2n) is 5.04. The lowest BCUT2D eigenvalue weighted by Gasteiger charge is -2.30. The van der Waals surface area contributed by atoms with Crippen LogP contribution in [0.5, 0.6) is 0 Å². The lowest BCUT2D eigenvalue weighted by Crippen LogP contribution is -2.28. The van der Waals surface area contributed by atoms with Gasteiger partial charge in [-0.3, -0.25) is 0 Å². The molecule has 3 heteroatoms. The molecule has 96 valence electrons. The summed E-state index contributed by atoms with van der Waals surface area (Å²) in [4.78, 5) is 1.43. The van der Waals surface area contributed by atoms with Crippen molar-refractivity contribution in [2.24, 2.45) is 5.92 Å². The number of aryl methyl sites for hydroxylation is 1. The zero-order valence-corrected chi connectivity index (χ0v) is 12.3. The van der Waals surface area contributed by atoms with Crippen molar-refractivity contribution in [2.45, 2.75) is 52.0 Å². The molecule has 1 heterocycles. The van der Waals surface area contributed by atoms with E-state index in [1.807, 2.05) is 0 Å². The van der Waals surface area contributed by atoms with Gasteiger partial charge >= 0.3 is 0 Å². The molecule has 1 atom stereocenters. The summed E-state index contributed by atoms with van der Waals surface area (Å²) in [6.45, 7) is 5.33.